The Morgan fingerprint density at radius 3 is 2.00 bits per heavy atom. The molecule has 0 saturated carbocycles. The molecule has 0 heterocycles. The Balaban J connectivity index is 3.47. The van der Waals surface area contributed by atoms with Gasteiger partial charge in [0.25, 0.3) is 10.0 Å². The Kier molecular flexibility index (Phi) is 2.55. The monoisotopic (exact) mass is 224 g/mol. The second-order valence-electron chi connectivity index (χ2n) is 2.50. The molecule has 0 aliphatic heterocycles. The topological polar surface area (TPSA) is 57.9 Å². The zero-order chi connectivity index (χ0) is 11.0. The van der Waals surface area contributed by atoms with Crippen molar-refractivity contribution in [1.82, 2.24) is 5.14 Å². The van der Waals surface area contributed by atoms with Gasteiger partial charge in [-0.1, -0.05) is 12.1 Å². The summed E-state index contributed by atoms with van der Waals surface area (Å²) < 4.78 is 58.0. The molecule has 0 saturated heterocycles. The largest absolute Gasteiger partial charge is 0.417 e. The summed E-state index contributed by atoms with van der Waals surface area (Å²) in [6.07, 6.45) is -4.76. The maximum Gasteiger partial charge on any atom is 0.417 e. The normalized spacial score (nSPS) is 12.9. The summed E-state index contributed by atoms with van der Waals surface area (Å²) in [5.74, 6) is 0. The highest BCUT2D eigenvalue weighted by atomic mass is 32.2. The van der Waals surface area contributed by atoms with E-state index in [1.807, 2.05) is 0 Å². The van der Waals surface area contributed by atoms with Crippen molar-refractivity contribution in [3.8, 4) is 0 Å². The van der Waals surface area contributed by atoms with Crippen molar-refractivity contribution >= 4 is 10.0 Å². The first-order valence-corrected chi connectivity index (χ1v) is 4.87. The molecule has 0 amide bonds. The third-order valence-electron chi connectivity index (χ3n) is 1.48. The van der Waals surface area contributed by atoms with E-state index >= 15 is 0 Å². The van der Waals surface area contributed by atoms with Crippen LogP contribution in [0.15, 0.2) is 29.2 Å². The van der Waals surface area contributed by atoms with Crippen molar-refractivity contribution in [2.75, 3.05) is 0 Å². The van der Waals surface area contributed by atoms with Crippen LogP contribution in [-0.4, -0.2) is 8.42 Å². The predicted octanol–water partition coefficient (Wildman–Crippen LogP) is 1.68. The summed E-state index contributed by atoms with van der Waals surface area (Å²) in [5.41, 5.74) is -1.31. The molecule has 77 valence electrons. The fraction of sp³-hybridized carbons (Fsp3) is 0.143. The van der Waals surface area contributed by atoms with Gasteiger partial charge in [0.15, 0.2) is 0 Å². The number of hydrogen-bond acceptors (Lipinski definition) is 2. The molecule has 1 aromatic rings. The quantitative estimate of drug-likeness (QED) is 0.728. The average molecular weight is 224 g/mol. The van der Waals surface area contributed by atoms with Gasteiger partial charge in [-0.25, -0.2) is 8.42 Å². The molecule has 7 heteroatoms. The molecular formula is C7H5F3NO2S. The van der Waals surface area contributed by atoms with Crippen LogP contribution in [0.25, 0.3) is 0 Å². The molecule has 0 fully saturated rings. The third kappa shape index (κ3) is 2.24. The summed E-state index contributed by atoms with van der Waals surface area (Å²) in [4.78, 5) is -1.02. The van der Waals surface area contributed by atoms with E-state index in [1.54, 1.807) is 0 Å². The first-order chi connectivity index (χ1) is 6.23. The Morgan fingerprint density at radius 2 is 1.64 bits per heavy atom. The number of nitrogens with one attached hydrogen (secondary N) is 1. The molecule has 0 atom stereocenters. The van der Waals surface area contributed by atoms with Crippen LogP contribution in [0, 0.1) is 0 Å². The summed E-state index contributed by atoms with van der Waals surface area (Å²) in [6, 6.07) is 3.58. The minimum Gasteiger partial charge on any atom is -0.206 e. The van der Waals surface area contributed by atoms with Gasteiger partial charge < -0.3 is 0 Å². The first kappa shape index (κ1) is 11.0. The molecule has 1 aromatic carbocycles. The highest BCUT2D eigenvalue weighted by molar-refractivity contribution is 7.88. The van der Waals surface area contributed by atoms with E-state index in [4.69, 9.17) is 5.14 Å². The summed E-state index contributed by atoms with van der Waals surface area (Å²) in [5, 5.41) is 6.57. The summed E-state index contributed by atoms with van der Waals surface area (Å²) in [6.45, 7) is 0. The van der Waals surface area contributed by atoms with Crippen molar-refractivity contribution in [2.24, 2.45) is 0 Å². The van der Waals surface area contributed by atoms with E-state index in [2.05, 4.69) is 0 Å². The van der Waals surface area contributed by atoms with Gasteiger partial charge in [-0.15, -0.1) is 5.14 Å². The second-order valence-corrected chi connectivity index (χ2v) is 3.94. The van der Waals surface area contributed by atoms with Gasteiger partial charge in [0.2, 0.25) is 0 Å². The van der Waals surface area contributed by atoms with Crippen molar-refractivity contribution in [3.05, 3.63) is 29.8 Å². The molecule has 3 nitrogen and oxygen atoms in total. The first-order valence-electron chi connectivity index (χ1n) is 3.39. The lowest BCUT2D eigenvalue weighted by molar-refractivity contribution is -0.139. The molecule has 0 bridgehead atoms. The number of rotatable bonds is 1. The lowest BCUT2D eigenvalue weighted by Gasteiger charge is -2.09. The maximum absolute atomic E-state index is 12.2. The van der Waals surface area contributed by atoms with Crippen LogP contribution in [-0.2, 0) is 16.2 Å². The Hall–Kier alpha value is -1.08. The van der Waals surface area contributed by atoms with Crippen molar-refractivity contribution in [2.45, 2.75) is 11.1 Å². The predicted molar refractivity (Wildman–Crippen MR) is 41.7 cm³/mol. The average Bonchev–Trinajstić information content (AvgIpc) is 2.01. The molecule has 1 radical (unpaired) electrons. The maximum atomic E-state index is 12.2. The second kappa shape index (κ2) is 3.25. The Morgan fingerprint density at radius 1 is 1.14 bits per heavy atom. The molecule has 1 rings (SSSR count). The van der Waals surface area contributed by atoms with E-state index in [0.717, 1.165) is 18.2 Å². The number of benzene rings is 1. The van der Waals surface area contributed by atoms with Gasteiger partial charge in [-0.05, 0) is 12.1 Å². The number of halogens is 3. The van der Waals surface area contributed by atoms with E-state index in [-0.39, 0.29) is 0 Å². The summed E-state index contributed by atoms with van der Waals surface area (Å²) in [7, 11) is -4.59. The number of alkyl halides is 3. The Labute approximate surface area is 78.4 Å². The minimum atomic E-state index is -4.76. The minimum absolute atomic E-state index is 0.626. The van der Waals surface area contributed by atoms with Crippen molar-refractivity contribution < 1.29 is 21.6 Å². The van der Waals surface area contributed by atoms with Crippen LogP contribution >= 0.6 is 0 Å². The van der Waals surface area contributed by atoms with E-state index in [9.17, 15) is 21.6 Å². The van der Waals surface area contributed by atoms with E-state index in [0.29, 0.717) is 6.07 Å². The van der Waals surface area contributed by atoms with Crippen molar-refractivity contribution in [1.29, 1.82) is 0 Å². The highest BCUT2D eigenvalue weighted by Crippen LogP contribution is 2.33. The van der Waals surface area contributed by atoms with Crippen LogP contribution in [0.1, 0.15) is 5.56 Å². The summed E-state index contributed by atoms with van der Waals surface area (Å²) >= 11 is 0. The highest BCUT2D eigenvalue weighted by Gasteiger charge is 2.35. The lowest BCUT2D eigenvalue weighted by Crippen LogP contribution is -2.13. The molecule has 14 heavy (non-hydrogen) atoms. The van der Waals surface area contributed by atoms with Crippen LogP contribution in [0.3, 0.4) is 0 Å². The van der Waals surface area contributed by atoms with Gasteiger partial charge >= 0.3 is 6.18 Å². The van der Waals surface area contributed by atoms with E-state index in [1.165, 1.54) is 0 Å². The molecule has 0 aliphatic carbocycles. The third-order valence-corrected chi connectivity index (χ3v) is 2.42. The molecule has 0 aromatic heterocycles. The van der Waals surface area contributed by atoms with Gasteiger partial charge in [0.1, 0.15) is 0 Å². The molecule has 0 spiro atoms. The molecule has 0 unspecified atom stereocenters. The fourth-order valence-corrected chi connectivity index (χ4v) is 1.67. The van der Waals surface area contributed by atoms with Crippen molar-refractivity contribution in [3.63, 3.8) is 0 Å². The van der Waals surface area contributed by atoms with Gasteiger partial charge in [0, 0.05) is 0 Å². The van der Waals surface area contributed by atoms with Crippen LogP contribution < -0.4 is 5.14 Å². The van der Waals surface area contributed by atoms with E-state index < -0.39 is 26.7 Å². The molecular weight excluding hydrogens is 219 g/mol. The lowest BCUT2D eigenvalue weighted by atomic mass is 10.2. The smallest absolute Gasteiger partial charge is 0.206 e. The SMILES string of the molecule is [NH]S(=O)(=O)c1ccccc1C(F)(F)F. The van der Waals surface area contributed by atoms with Gasteiger partial charge in [0.05, 0.1) is 10.5 Å². The molecule has 0 aliphatic rings. The van der Waals surface area contributed by atoms with Crippen LogP contribution in [0.2, 0.25) is 0 Å². The Bertz CT molecular complexity index is 438. The zero-order valence-corrected chi connectivity index (χ0v) is 7.48. The number of sulfonamides is 1. The molecule has 1 N–H and O–H groups in total. The van der Waals surface area contributed by atoms with Gasteiger partial charge in [-0.2, -0.15) is 13.2 Å². The van der Waals surface area contributed by atoms with Crippen LogP contribution in [0.4, 0.5) is 13.2 Å². The fourth-order valence-electron chi connectivity index (χ4n) is 0.935. The number of hydrogen-bond donors (Lipinski definition) is 0. The zero-order valence-electron chi connectivity index (χ0n) is 6.67. The van der Waals surface area contributed by atoms with Crippen LogP contribution in [0.5, 0.6) is 0 Å². The van der Waals surface area contributed by atoms with Gasteiger partial charge in [-0.3, -0.25) is 0 Å². The standard InChI is InChI=1S/C7H5F3NO2S/c8-7(9,10)5-3-1-2-4-6(5)14(11,12)13/h1-4,11H.